The first kappa shape index (κ1) is 18.6. The Morgan fingerprint density at radius 1 is 1.10 bits per heavy atom. The van der Waals surface area contributed by atoms with Gasteiger partial charge in [-0.05, 0) is 48.4 Å². The van der Waals surface area contributed by atoms with E-state index in [-0.39, 0.29) is 12.7 Å². The van der Waals surface area contributed by atoms with Crippen molar-refractivity contribution in [2.75, 3.05) is 31.1 Å². The van der Waals surface area contributed by atoms with Crippen LogP contribution >= 0.6 is 0 Å². The fourth-order valence-electron chi connectivity index (χ4n) is 3.05. The largest absolute Gasteiger partial charge is 0.496 e. The maximum absolute atomic E-state index is 12.4. The monoisotopic (exact) mass is 391 g/mol. The maximum Gasteiger partial charge on any atom is 0.256 e. The van der Waals surface area contributed by atoms with Crippen LogP contribution in [0.5, 0.6) is 17.2 Å². The van der Waals surface area contributed by atoms with Gasteiger partial charge in [0.15, 0.2) is 11.5 Å². The third-order valence-corrected chi connectivity index (χ3v) is 4.56. The molecule has 2 aromatic carbocycles. The summed E-state index contributed by atoms with van der Waals surface area (Å²) in [5.74, 6) is 2.31. The average molecular weight is 391 g/mol. The molecule has 0 aliphatic carbocycles. The first-order valence-electron chi connectivity index (χ1n) is 9.26. The number of anilines is 2. The quantitative estimate of drug-likeness (QED) is 0.639. The van der Waals surface area contributed by atoms with Crippen LogP contribution in [0.2, 0.25) is 0 Å². The molecule has 0 radical (unpaired) electrons. The number of amides is 1. The fraction of sp³-hybridized carbons (Fsp3) is 0.182. The van der Waals surface area contributed by atoms with Crippen molar-refractivity contribution in [2.45, 2.75) is 6.42 Å². The van der Waals surface area contributed by atoms with Crippen molar-refractivity contribution in [1.82, 2.24) is 4.98 Å². The minimum atomic E-state index is -0.257. The molecule has 29 heavy (non-hydrogen) atoms. The summed E-state index contributed by atoms with van der Waals surface area (Å²) in [5, 5.41) is 6.11. The van der Waals surface area contributed by atoms with Gasteiger partial charge in [0.1, 0.15) is 11.6 Å². The van der Waals surface area contributed by atoms with Crippen molar-refractivity contribution in [3.05, 3.63) is 71.9 Å². The number of benzene rings is 2. The second-order valence-electron chi connectivity index (χ2n) is 6.44. The summed E-state index contributed by atoms with van der Waals surface area (Å²) < 4.78 is 15.9. The van der Waals surface area contributed by atoms with E-state index in [0.717, 1.165) is 30.0 Å². The molecule has 148 valence electrons. The molecule has 7 heteroatoms. The molecule has 0 atom stereocenters. The predicted molar refractivity (Wildman–Crippen MR) is 110 cm³/mol. The SMILES string of the molecule is COc1ccccc1CCNc1ccc(NC(=O)c2ccc3c(c2)OCO3)nc1. The number of methoxy groups -OCH3 is 1. The van der Waals surface area contributed by atoms with Gasteiger partial charge in [-0.25, -0.2) is 4.98 Å². The number of aromatic nitrogens is 1. The standard InChI is InChI=1S/C22H21N3O4/c1-27-18-5-3-2-4-15(18)10-11-23-17-7-9-21(24-13-17)25-22(26)16-6-8-19-20(12-16)29-14-28-19/h2-9,12-13,23H,10-11,14H2,1H3,(H,24,25,26). The minimum Gasteiger partial charge on any atom is -0.496 e. The lowest BCUT2D eigenvalue weighted by Crippen LogP contribution is -2.13. The van der Waals surface area contributed by atoms with Crippen LogP contribution in [0.4, 0.5) is 11.5 Å². The Bertz CT molecular complexity index is 1010. The zero-order chi connectivity index (χ0) is 20.1. The van der Waals surface area contributed by atoms with E-state index in [1.165, 1.54) is 0 Å². The predicted octanol–water partition coefficient (Wildman–Crippen LogP) is 3.73. The number of rotatable bonds is 7. The number of nitrogens with one attached hydrogen (secondary N) is 2. The van der Waals surface area contributed by atoms with E-state index in [4.69, 9.17) is 14.2 Å². The molecule has 0 spiro atoms. The fourth-order valence-corrected chi connectivity index (χ4v) is 3.05. The summed E-state index contributed by atoms with van der Waals surface area (Å²) >= 11 is 0. The second-order valence-corrected chi connectivity index (χ2v) is 6.44. The molecule has 1 aliphatic rings. The Morgan fingerprint density at radius 3 is 2.79 bits per heavy atom. The highest BCUT2D eigenvalue weighted by molar-refractivity contribution is 6.04. The van der Waals surface area contributed by atoms with Crippen LogP contribution in [0.3, 0.4) is 0 Å². The maximum atomic E-state index is 12.4. The van der Waals surface area contributed by atoms with E-state index >= 15 is 0 Å². The van der Waals surface area contributed by atoms with Crippen molar-refractivity contribution in [3.63, 3.8) is 0 Å². The van der Waals surface area contributed by atoms with Crippen LogP contribution in [0.15, 0.2) is 60.8 Å². The van der Waals surface area contributed by atoms with Gasteiger partial charge in [0.05, 0.1) is 19.0 Å². The van der Waals surface area contributed by atoms with E-state index in [1.54, 1.807) is 37.6 Å². The Morgan fingerprint density at radius 2 is 1.97 bits per heavy atom. The van der Waals surface area contributed by atoms with Crippen molar-refractivity contribution < 1.29 is 19.0 Å². The molecular formula is C22H21N3O4. The van der Waals surface area contributed by atoms with E-state index in [9.17, 15) is 4.79 Å². The van der Waals surface area contributed by atoms with E-state index in [1.807, 2.05) is 30.3 Å². The zero-order valence-electron chi connectivity index (χ0n) is 16.0. The Kier molecular flexibility index (Phi) is 5.47. The summed E-state index contributed by atoms with van der Waals surface area (Å²) in [4.78, 5) is 16.7. The summed E-state index contributed by atoms with van der Waals surface area (Å²) in [6.07, 6.45) is 2.52. The number of hydrogen-bond donors (Lipinski definition) is 2. The number of para-hydroxylation sites is 1. The number of fused-ring (bicyclic) bond motifs is 1. The lowest BCUT2D eigenvalue weighted by molar-refractivity contribution is 0.102. The van der Waals surface area contributed by atoms with Crippen LogP contribution in [-0.2, 0) is 6.42 Å². The van der Waals surface area contributed by atoms with Crippen molar-refractivity contribution in [1.29, 1.82) is 0 Å². The minimum absolute atomic E-state index is 0.174. The number of ether oxygens (including phenoxy) is 3. The third kappa shape index (κ3) is 4.40. The topological polar surface area (TPSA) is 81.7 Å². The Labute approximate surface area is 168 Å². The highest BCUT2D eigenvalue weighted by Gasteiger charge is 2.16. The van der Waals surface area contributed by atoms with Gasteiger partial charge in [-0.1, -0.05) is 18.2 Å². The van der Waals surface area contributed by atoms with Gasteiger partial charge in [-0.3, -0.25) is 4.79 Å². The average Bonchev–Trinajstić information content (AvgIpc) is 3.23. The van der Waals surface area contributed by atoms with Crippen LogP contribution < -0.4 is 24.8 Å². The van der Waals surface area contributed by atoms with Crippen molar-refractivity contribution in [2.24, 2.45) is 0 Å². The van der Waals surface area contributed by atoms with Gasteiger partial charge in [0.2, 0.25) is 6.79 Å². The smallest absolute Gasteiger partial charge is 0.256 e. The van der Waals surface area contributed by atoms with Crippen LogP contribution in [-0.4, -0.2) is 31.3 Å². The summed E-state index contributed by atoms with van der Waals surface area (Å²) in [7, 11) is 1.67. The van der Waals surface area contributed by atoms with E-state index in [2.05, 4.69) is 15.6 Å². The van der Waals surface area contributed by atoms with E-state index in [0.29, 0.717) is 22.9 Å². The van der Waals surface area contributed by atoms with Gasteiger partial charge >= 0.3 is 0 Å². The third-order valence-electron chi connectivity index (χ3n) is 4.56. The molecule has 1 aliphatic heterocycles. The van der Waals surface area contributed by atoms with Gasteiger partial charge in [0.25, 0.3) is 5.91 Å². The molecule has 2 heterocycles. The molecule has 1 amide bonds. The molecule has 1 aromatic heterocycles. The molecular weight excluding hydrogens is 370 g/mol. The molecule has 0 fully saturated rings. The first-order valence-corrected chi connectivity index (χ1v) is 9.26. The number of carbonyl (C=O) groups is 1. The van der Waals surface area contributed by atoms with Crippen LogP contribution in [0, 0.1) is 0 Å². The van der Waals surface area contributed by atoms with Gasteiger partial charge in [0, 0.05) is 12.1 Å². The van der Waals surface area contributed by atoms with Gasteiger partial charge < -0.3 is 24.8 Å². The highest BCUT2D eigenvalue weighted by Crippen LogP contribution is 2.32. The van der Waals surface area contributed by atoms with Crippen molar-refractivity contribution in [3.8, 4) is 17.2 Å². The summed E-state index contributed by atoms with van der Waals surface area (Å²) in [5.41, 5.74) is 2.50. The molecule has 7 nitrogen and oxygen atoms in total. The first-order chi connectivity index (χ1) is 14.2. The van der Waals surface area contributed by atoms with Crippen LogP contribution in [0.1, 0.15) is 15.9 Å². The highest BCUT2D eigenvalue weighted by atomic mass is 16.7. The van der Waals surface area contributed by atoms with Crippen LogP contribution in [0.25, 0.3) is 0 Å². The lowest BCUT2D eigenvalue weighted by atomic mass is 10.1. The summed E-state index contributed by atoms with van der Waals surface area (Å²) in [6, 6.07) is 16.7. The second kappa shape index (κ2) is 8.52. The number of hydrogen-bond acceptors (Lipinski definition) is 6. The Balaban J connectivity index is 1.31. The van der Waals surface area contributed by atoms with E-state index < -0.39 is 0 Å². The van der Waals surface area contributed by atoms with Gasteiger partial charge in [-0.2, -0.15) is 0 Å². The van der Waals surface area contributed by atoms with Gasteiger partial charge in [-0.15, -0.1) is 0 Å². The zero-order valence-corrected chi connectivity index (χ0v) is 16.0. The molecule has 4 rings (SSSR count). The molecule has 2 N–H and O–H groups in total. The molecule has 3 aromatic rings. The molecule has 0 unspecified atom stereocenters. The number of carbonyl (C=O) groups excluding carboxylic acids is 1. The normalized spacial score (nSPS) is 11.8. The lowest BCUT2D eigenvalue weighted by Gasteiger charge is -2.10. The van der Waals surface area contributed by atoms with Crippen molar-refractivity contribution >= 4 is 17.4 Å². The molecule has 0 saturated carbocycles. The number of pyridine rings is 1. The number of nitrogens with zero attached hydrogens (tertiary/aromatic N) is 1. The Hall–Kier alpha value is -3.74. The molecule has 0 saturated heterocycles. The summed E-state index contributed by atoms with van der Waals surface area (Å²) in [6.45, 7) is 0.915. The molecule has 0 bridgehead atoms.